The van der Waals surface area contributed by atoms with Crippen LogP contribution in [0.4, 0.5) is 5.69 Å². The zero-order valence-electron chi connectivity index (χ0n) is 8.47. The van der Waals surface area contributed by atoms with Crippen molar-refractivity contribution in [3.8, 4) is 0 Å². The third kappa shape index (κ3) is 3.47. The maximum atomic E-state index is 8.86. The molecule has 3 N–H and O–H groups in total. The maximum Gasteiger partial charge on any atom is 0.177 e. The quantitative estimate of drug-likeness (QED) is 0.528. The Labute approximate surface area is 94.1 Å². The normalized spacial score (nSPS) is 9.80. The Kier molecular flexibility index (Phi) is 4.48. The first-order valence-corrected chi connectivity index (χ1v) is 4.92. The van der Waals surface area contributed by atoms with E-state index in [1.54, 1.807) is 0 Å². The number of aliphatic hydroxyl groups is 2. The average Bonchev–Trinajstić information content (AvgIpc) is 2.23. The molecule has 0 radical (unpaired) electrons. The fourth-order valence-electron chi connectivity index (χ4n) is 1.01. The Hall–Kier alpha value is -1.17. The van der Waals surface area contributed by atoms with Gasteiger partial charge in [0.2, 0.25) is 0 Å². The molecule has 0 aliphatic carbocycles. The second kappa shape index (κ2) is 5.65. The molecule has 0 aliphatic heterocycles. The zero-order valence-corrected chi connectivity index (χ0v) is 9.29. The van der Waals surface area contributed by atoms with Crippen LogP contribution < -0.4 is 5.32 Å². The van der Waals surface area contributed by atoms with Crippen LogP contribution in [0.5, 0.6) is 0 Å². The highest BCUT2D eigenvalue weighted by molar-refractivity contribution is 7.80. The lowest BCUT2D eigenvalue weighted by atomic mass is 10.2. The number of nitrogens with one attached hydrogen (secondary N) is 1. The van der Waals surface area contributed by atoms with Crippen LogP contribution in [0.25, 0.3) is 0 Å². The minimum absolute atomic E-state index is 0.295. The molecule has 0 saturated carbocycles. The lowest BCUT2D eigenvalue weighted by Crippen LogP contribution is -2.36. The molecule has 0 spiro atoms. The fourth-order valence-corrected chi connectivity index (χ4v) is 1.25. The van der Waals surface area contributed by atoms with E-state index < -0.39 is 0 Å². The summed E-state index contributed by atoms with van der Waals surface area (Å²) in [7, 11) is 0. The highest BCUT2D eigenvalue weighted by atomic mass is 32.1. The Morgan fingerprint density at radius 2 is 1.80 bits per heavy atom. The van der Waals surface area contributed by atoms with E-state index in [0.29, 0.717) is 5.11 Å². The van der Waals surface area contributed by atoms with E-state index >= 15 is 0 Å². The summed E-state index contributed by atoms with van der Waals surface area (Å²) in [5, 5.41) is 20.9. The van der Waals surface area contributed by atoms with Gasteiger partial charge in [0.1, 0.15) is 13.5 Å². The van der Waals surface area contributed by atoms with Crippen LogP contribution in [0.2, 0.25) is 0 Å². The minimum Gasteiger partial charge on any atom is -0.376 e. The number of nitrogens with zero attached hydrogens (tertiary/aromatic N) is 1. The van der Waals surface area contributed by atoms with Crippen molar-refractivity contribution < 1.29 is 10.2 Å². The van der Waals surface area contributed by atoms with Gasteiger partial charge in [-0.05, 0) is 31.3 Å². The summed E-state index contributed by atoms with van der Waals surface area (Å²) in [6.07, 6.45) is 0. The molecule has 0 aliphatic rings. The van der Waals surface area contributed by atoms with Gasteiger partial charge in [0.15, 0.2) is 5.11 Å². The highest BCUT2D eigenvalue weighted by Crippen LogP contribution is 2.09. The number of anilines is 1. The summed E-state index contributed by atoms with van der Waals surface area (Å²) < 4.78 is 0. The molecule has 1 rings (SSSR count). The standard InChI is InChI=1S/C10H14N2O2S/c1-8-2-4-9(5-3-8)11-10(15)12(6-13)7-14/h2-5,13-14H,6-7H2,1H3,(H,11,15). The largest absolute Gasteiger partial charge is 0.376 e. The van der Waals surface area contributed by atoms with Crippen LogP contribution in [-0.2, 0) is 0 Å². The van der Waals surface area contributed by atoms with Gasteiger partial charge in [-0.15, -0.1) is 0 Å². The molecule has 0 amide bonds. The molecule has 1 aromatic carbocycles. The van der Waals surface area contributed by atoms with Crippen molar-refractivity contribution in [3.63, 3.8) is 0 Å². The first kappa shape index (κ1) is 11.9. The molecular formula is C10H14N2O2S. The number of benzene rings is 1. The van der Waals surface area contributed by atoms with Gasteiger partial charge < -0.3 is 20.4 Å². The smallest absolute Gasteiger partial charge is 0.177 e. The lowest BCUT2D eigenvalue weighted by molar-refractivity contribution is 0.0881. The summed E-state index contributed by atoms with van der Waals surface area (Å²) in [5.74, 6) is 0. The first-order valence-electron chi connectivity index (χ1n) is 4.51. The van der Waals surface area contributed by atoms with Gasteiger partial charge in [0.05, 0.1) is 0 Å². The molecule has 0 aromatic heterocycles. The van der Waals surface area contributed by atoms with Crippen LogP contribution in [0.1, 0.15) is 5.56 Å². The van der Waals surface area contributed by atoms with E-state index in [9.17, 15) is 0 Å². The molecule has 0 fully saturated rings. The lowest BCUT2D eigenvalue weighted by Gasteiger charge is -2.20. The van der Waals surface area contributed by atoms with Gasteiger partial charge in [0.25, 0.3) is 0 Å². The molecule has 0 atom stereocenters. The Bertz CT molecular complexity index is 323. The van der Waals surface area contributed by atoms with E-state index in [4.69, 9.17) is 22.4 Å². The van der Waals surface area contributed by atoms with Gasteiger partial charge >= 0.3 is 0 Å². The Morgan fingerprint density at radius 1 is 1.27 bits per heavy atom. The number of rotatable bonds is 3. The maximum absolute atomic E-state index is 8.86. The SMILES string of the molecule is Cc1ccc(NC(=S)N(CO)CO)cc1. The Morgan fingerprint density at radius 3 is 2.27 bits per heavy atom. The van der Waals surface area contributed by atoms with Crippen molar-refractivity contribution >= 4 is 23.0 Å². The summed E-state index contributed by atoms with van der Waals surface area (Å²) in [4.78, 5) is 1.23. The number of thiocarbonyl (C=S) groups is 1. The molecule has 4 nitrogen and oxygen atoms in total. The number of hydrogen-bond acceptors (Lipinski definition) is 3. The van der Waals surface area contributed by atoms with Crippen molar-refractivity contribution in [2.24, 2.45) is 0 Å². The third-order valence-corrected chi connectivity index (χ3v) is 2.29. The van der Waals surface area contributed by atoms with E-state index in [1.165, 1.54) is 4.90 Å². The molecule has 0 saturated heterocycles. The highest BCUT2D eigenvalue weighted by Gasteiger charge is 2.05. The predicted molar refractivity (Wildman–Crippen MR) is 63.4 cm³/mol. The molecule has 0 unspecified atom stereocenters. The van der Waals surface area contributed by atoms with Crippen molar-refractivity contribution in [1.82, 2.24) is 4.90 Å². The zero-order chi connectivity index (χ0) is 11.3. The van der Waals surface area contributed by atoms with Gasteiger partial charge in [-0.3, -0.25) is 0 Å². The molecule has 0 bridgehead atoms. The third-order valence-electron chi connectivity index (χ3n) is 1.93. The Balaban J connectivity index is 2.61. The molecular weight excluding hydrogens is 212 g/mol. The van der Waals surface area contributed by atoms with Gasteiger partial charge in [-0.1, -0.05) is 17.7 Å². The summed E-state index contributed by atoms with van der Waals surface area (Å²) in [5.41, 5.74) is 1.99. The average molecular weight is 226 g/mol. The van der Waals surface area contributed by atoms with Crippen molar-refractivity contribution in [1.29, 1.82) is 0 Å². The van der Waals surface area contributed by atoms with Crippen molar-refractivity contribution in [2.75, 3.05) is 18.8 Å². The van der Waals surface area contributed by atoms with E-state index in [1.807, 2.05) is 31.2 Å². The number of aliphatic hydroxyl groups excluding tert-OH is 2. The molecule has 0 heterocycles. The number of aryl methyl sites for hydroxylation is 1. The second-order valence-electron chi connectivity index (χ2n) is 3.12. The topological polar surface area (TPSA) is 55.7 Å². The van der Waals surface area contributed by atoms with Gasteiger partial charge in [-0.25, -0.2) is 0 Å². The van der Waals surface area contributed by atoms with E-state index in [-0.39, 0.29) is 13.5 Å². The minimum atomic E-state index is -0.311. The van der Waals surface area contributed by atoms with Gasteiger partial charge in [-0.2, -0.15) is 0 Å². The molecule has 15 heavy (non-hydrogen) atoms. The summed E-state index contributed by atoms with van der Waals surface area (Å²) in [6, 6.07) is 7.67. The van der Waals surface area contributed by atoms with Crippen LogP contribution in [0.3, 0.4) is 0 Å². The molecule has 5 heteroatoms. The first-order chi connectivity index (χ1) is 7.17. The van der Waals surface area contributed by atoms with Crippen LogP contribution in [0.15, 0.2) is 24.3 Å². The summed E-state index contributed by atoms with van der Waals surface area (Å²) >= 11 is 4.98. The number of hydrogen-bond donors (Lipinski definition) is 3. The predicted octanol–water partition coefficient (Wildman–Crippen LogP) is 0.893. The van der Waals surface area contributed by atoms with E-state index in [2.05, 4.69) is 5.32 Å². The van der Waals surface area contributed by atoms with Crippen molar-refractivity contribution in [2.45, 2.75) is 6.92 Å². The van der Waals surface area contributed by atoms with Crippen LogP contribution >= 0.6 is 12.2 Å². The monoisotopic (exact) mass is 226 g/mol. The van der Waals surface area contributed by atoms with Crippen LogP contribution in [0, 0.1) is 6.92 Å². The molecule has 1 aromatic rings. The summed E-state index contributed by atoms with van der Waals surface area (Å²) in [6.45, 7) is 1.37. The van der Waals surface area contributed by atoms with Gasteiger partial charge in [0, 0.05) is 5.69 Å². The second-order valence-corrected chi connectivity index (χ2v) is 3.51. The molecule has 82 valence electrons. The van der Waals surface area contributed by atoms with Crippen molar-refractivity contribution in [3.05, 3.63) is 29.8 Å². The fraction of sp³-hybridized carbons (Fsp3) is 0.300. The van der Waals surface area contributed by atoms with E-state index in [0.717, 1.165) is 11.3 Å². The van der Waals surface area contributed by atoms with Crippen LogP contribution in [-0.4, -0.2) is 33.7 Å².